The van der Waals surface area contributed by atoms with Gasteiger partial charge in [0.1, 0.15) is 0 Å². The Hall–Kier alpha value is -3.87. The van der Waals surface area contributed by atoms with Crippen molar-refractivity contribution in [3.63, 3.8) is 0 Å². The van der Waals surface area contributed by atoms with Gasteiger partial charge in [0.15, 0.2) is 16.1 Å². The van der Waals surface area contributed by atoms with Gasteiger partial charge in [-0.1, -0.05) is 135 Å². The van der Waals surface area contributed by atoms with Crippen molar-refractivity contribution < 1.29 is 0 Å². The summed E-state index contributed by atoms with van der Waals surface area (Å²) in [5.41, 5.74) is 14.9. The van der Waals surface area contributed by atoms with Crippen LogP contribution in [0.25, 0.3) is 22.3 Å². The van der Waals surface area contributed by atoms with Crippen LogP contribution in [0, 0.1) is 22.9 Å². The minimum Gasteiger partial charge on any atom is -0.151 e. The molecule has 0 unspecified atom stereocenters. The normalized spacial score (nSPS) is 11.2. The molecule has 0 fully saturated rings. The highest BCUT2D eigenvalue weighted by Gasteiger charge is 2.37. The van der Waals surface area contributed by atoms with Crippen molar-refractivity contribution in [1.82, 2.24) is 0 Å². The largest absolute Gasteiger partial charge is 0.175 e. The molecule has 1 aromatic heterocycles. The van der Waals surface area contributed by atoms with E-state index in [0.29, 0.717) is 0 Å². The van der Waals surface area contributed by atoms with Gasteiger partial charge in [0, 0.05) is 31.3 Å². The van der Waals surface area contributed by atoms with Crippen LogP contribution in [0.4, 0.5) is 0 Å². The molecule has 4 aromatic carbocycles. The van der Waals surface area contributed by atoms with E-state index in [9.17, 15) is 0 Å². The molecule has 0 aliphatic heterocycles. The van der Waals surface area contributed by atoms with E-state index in [0.717, 1.165) is 11.1 Å². The first-order chi connectivity index (χ1) is 18.9. The first-order valence-electron chi connectivity index (χ1n) is 13.3. The molecule has 0 saturated carbocycles. The Bertz CT molecular complexity index is 1550. The SMILES string of the molecule is C[Si](C)(C#Cc1ccccc1)c1sc([Si](C)(C)C#Cc2ccccc2)c(-c2ccccc2)c1-c1ccccc1. The molecule has 0 saturated heterocycles. The lowest BCUT2D eigenvalue weighted by Gasteiger charge is -2.18. The molecule has 0 amide bonds. The fourth-order valence-electron chi connectivity index (χ4n) is 4.69. The van der Waals surface area contributed by atoms with E-state index in [1.54, 1.807) is 0 Å². The zero-order chi connectivity index (χ0) is 27.3. The lowest BCUT2D eigenvalue weighted by molar-refractivity contribution is 1.64. The smallest absolute Gasteiger partial charge is 0.151 e. The molecule has 5 rings (SSSR count). The molecule has 0 atom stereocenters. The first kappa shape index (κ1) is 26.7. The molecular formula is C36H32SSi2. The highest BCUT2D eigenvalue weighted by molar-refractivity contribution is 7.38. The van der Waals surface area contributed by atoms with Crippen molar-refractivity contribution in [3.8, 4) is 45.2 Å². The minimum atomic E-state index is -2.17. The minimum absolute atomic E-state index is 1.07. The van der Waals surface area contributed by atoms with Gasteiger partial charge in [0.2, 0.25) is 0 Å². The van der Waals surface area contributed by atoms with Gasteiger partial charge >= 0.3 is 0 Å². The maximum Gasteiger partial charge on any atom is 0.175 e. The third-order valence-electron chi connectivity index (χ3n) is 6.75. The highest BCUT2D eigenvalue weighted by atomic mass is 32.1. The molecule has 0 aliphatic rings. The van der Waals surface area contributed by atoms with E-state index < -0.39 is 16.1 Å². The Morgan fingerprint density at radius 2 is 0.744 bits per heavy atom. The van der Waals surface area contributed by atoms with E-state index >= 15 is 0 Å². The maximum absolute atomic E-state index is 3.78. The van der Waals surface area contributed by atoms with Crippen LogP contribution in [0.3, 0.4) is 0 Å². The van der Waals surface area contributed by atoms with Gasteiger partial charge < -0.3 is 0 Å². The van der Waals surface area contributed by atoms with Crippen LogP contribution in [0.2, 0.25) is 26.2 Å². The van der Waals surface area contributed by atoms with E-state index in [-0.39, 0.29) is 0 Å². The number of hydrogen-bond acceptors (Lipinski definition) is 1. The molecule has 0 radical (unpaired) electrons. The molecule has 0 spiro atoms. The molecule has 190 valence electrons. The van der Waals surface area contributed by atoms with Crippen LogP contribution in [0.5, 0.6) is 0 Å². The van der Waals surface area contributed by atoms with Crippen LogP contribution in [-0.4, -0.2) is 16.1 Å². The average molecular weight is 553 g/mol. The summed E-state index contributed by atoms with van der Waals surface area (Å²) in [4.78, 5) is 0. The van der Waals surface area contributed by atoms with Gasteiger partial charge in [-0.25, -0.2) is 0 Å². The second-order valence-electron chi connectivity index (χ2n) is 10.7. The van der Waals surface area contributed by atoms with Crippen LogP contribution in [-0.2, 0) is 0 Å². The summed E-state index contributed by atoms with van der Waals surface area (Å²) in [6.07, 6.45) is 0. The zero-order valence-corrected chi connectivity index (χ0v) is 25.8. The van der Waals surface area contributed by atoms with E-state index in [2.05, 4.69) is 158 Å². The van der Waals surface area contributed by atoms with Gasteiger partial charge in [0.25, 0.3) is 0 Å². The maximum atomic E-state index is 3.78. The monoisotopic (exact) mass is 552 g/mol. The zero-order valence-electron chi connectivity index (χ0n) is 23.0. The van der Waals surface area contributed by atoms with Gasteiger partial charge in [-0.3, -0.25) is 0 Å². The van der Waals surface area contributed by atoms with Crippen molar-refractivity contribution >= 4 is 36.5 Å². The van der Waals surface area contributed by atoms with Crippen LogP contribution < -0.4 is 9.00 Å². The Labute approximate surface area is 239 Å². The Morgan fingerprint density at radius 3 is 1.08 bits per heavy atom. The molecule has 0 aliphatic carbocycles. The van der Waals surface area contributed by atoms with Crippen LogP contribution >= 0.6 is 11.3 Å². The quantitative estimate of drug-likeness (QED) is 0.156. The Kier molecular flexibility index (Phi) is 7.87. The van der Waals surface area contributed by atoms with Gasteiger partial charge in [0.05, 0.1) is 0 Å². The van der Waals surface area contributed by atoms with Crippen molar-refractivity contribution in [2.45, 2.75) is 26.2 Å². The molecule has 0 nitrogen and oxygen atoms in total. The summed E-state index contributed by atoms with van der Waals surface area (Å²) in [6, 6.07) is 42.5. The molecule has 1 heterocycles. The van der Waals surface area contributed by atoms with Crippen molar-refractivity contribution in [2.24, 2.45) is 0 Å². The topological polar surface area (TPSA) is 0 Å². The fourth-order valence-corrected chi connectivity index (χ4v) is 11.7. The number of hydrogen-bond donors (Lipinski definition) is 0. The third-order valence-corrected chi connectivity index (χ3v) is 15.5. The third kappa shape index (κ3) is 6.08. The summed E-state index contributed by atoms with van der Waals surface area (Å²) >= 11 is 1.98. The van der Waals surface area contributed by atoms with E-state index in [1.165, 1.54) is 31.3 Å². The summed E-state index contributed by atoms with van der Waals surface area (Å²) in [5.74, 6) is 7.04. The van der Waals surface area contributed by atoms with E-state index in [4.69, 9.17) is 0 Å². The average Bonchev–Trinajstić information content (AvgIpc) is 3.40. The predicted molar refractivity (Wildman–Crippen MR) is 176 cm³/mol. The Balaban J connectivity index is 1.77. The number of benzene rings is 4. The summed E-state index contributed by atoms with van der Waals surface area (Å²) in [5, 5.41) is 0. The van der Waals surface area contributed by atoms with Crippen molar-refractivity contribution in [3.05, 3.63) is 132 Å². The molecule has 5 aromatic rings. The summed E-state index contributed by atoms with van der Waals surface area (Å²) in [6.45, 7) is 9.57. The first-order valence-corrected chi connectivity index (χ1v) is 20.1. The molecule has 39 heavy (non-hydrogen) atoms. The standard InChI is InChI=1S/C36H32SSi2/c1-38(2,27-25-29-17-9-5-10-18-29)35-33(31-21-13-7-14-22-31)34(32-23-15-8-16-24-32)36(37-35)39(3,4)28-26-30-19-11-6-12-20-30/h5-24H,1-4H3. The Morgan fingerprint density at radius 1 is 0.436 bits per heavy atom. The number of thiophene rings is 1. The second kappa shape index (κ2) is 11.5. The summed E-state index contributed by atoms with van der Waals surface area (Å²) in [7, 11) is -4.33. The van der Waals surface area contributed by atoms with Gasteiger partial charge in [-0.2, -0.15) is 11.3 Å². The lowest BCUT2D eigenvalue weighted by Crippen LogP contribution is -2.41. The molecule has 0 N–H and O–H groups in total. The van der Waals surface area contributed by atoms with Crippen molar-refractivity contribution in [1.29, 1.82) is 0 Å². The fraction of sp³-hybridized carbons (Fsp3) is 0.111. The van der Waals surface area contributed by atoms with E-state index in [1.807, 2.05) is 23.5 Å². The van der Waals surface area contributed by atoms with Gasteiger partial charge in [-0.15, -0.1) is 11.1 Å². The molecular weight excluding hydrogens is 521 g/mol. The highest BCUT2D eigenvalue weighted by Crippen LogP contribution is 2.36. The van der Waals surface area contributed by atoms with Crippen LogP contribution in [0.1, 0.15) is 11.1 Å². The molecule has 3 heteroatoms. The van der Waals surface area contributed by atoms with Crippen LogP contribution in [0.15, 0.2) is 121 Å². The summed E-state index contributed by atoms with van der Waals surface area (Å²) < 4.78 is 2.88. The number of rotatable bonds is 4. The lowest BCUT2D eigenvalue weighted by atomic mass is 9.99. The van der Waals surface area contributed by atoms with Gasteiger partial charge in [-0.05, 0) is 35.4 Å². The molecule has 0 bridgehead atoms. The second-order valence-corrected chi connectivity index (χ2v) is 20.5. The predicted octanol–water partition coefficient (Wildman–Crippen LogP) is 8.09. The van der Waals surface area contributed by atoms with Crippen molar-refractivity contribution in [2.75, 3.05) is 0 Å².